The van der Waals surface area contributed by atoms with Gasteiger partial charge in [-0.05, 0) is 64.8 Å². The van der Waals surface area contributed by atoms with E-state index in [4.69, 9.17) is 0 Å². The minimum atomic E-state index is -0.499. The number of nitrogens with zero attached hydrogens (tertiary/aromatic N) is 1. The maximum absolute atomic E-state index is 12.9. The van der Waals surface area contributed by atoms with Gasteiger partial charge in [0.1, 0.15) is 5.82 Å². The Morgan fingerprint density at radius 3 is 2.32 bits per heavy atom. The lowest BCUT2D eigenvalue weighted by molar-refractivity contribution is 0.199. The number of rotatable bonds is 3. The summed E-state index contributed by atoms with van der Waals surface area (Å²) in [6.45, 7) is 1.73. The molecule has 0 amide bonds. The summed E-state index contributed by atoms with van der Waals surface area (Å²) in [6, 6.07) is 12.0. The van der Waals surface area contributed by atoms with Crippen molar-refractivity contribution in [3.8, 4) is 0 Å². The van der Waals surface area contributed by atoms with Gasteiger partial charge in [-0.1, -0.05) is 6.07 Å². The van der Waals surface area contributed by atoms with Gasteiger partial charge in [0.15, 0.2) is 0 Å². The molecule has 2 aromatic carbocycles. The summed E-state index contributed by atoms with van der Waals surface area (Å²) >= 11 is 3.50. The molecule has 0 spiro atoms. The van der Waals surface area contributed by atoms with Gasteiger partial charge in [-0.15, -0.1) is 0 Å². The Bertz CT molecular complexity index is 569. The number of hydrogen-bond donors (Lipinski definition) is 1. The standard InChI is InChI=1S/C15H15BrFNO/c1-10(19)11-3-8-15(14(16)9-11)18(2)13-6-4-12(17)5-7-13/h3-10,19H,1-2H3. The van der Waals surface area contributed by atoms with Crippen LogP contribution < -0.4 is 4.90 Å². The van der Waals surface area contributed by atoms with Crippen molar-refractivity contribution in [3.05, 3.63) is 58.3 Å². The molecule has 2 nitrogen and oxygen atoms in total. The van der Waals surface area contributed by atoms with Gasteiger partial charge in [-0.3, -0.25) is 0 Å². The van der Waals surface area contributed by atoms with Crippen molar-refractivity contribution in [2.45, 2.75) is 13.0 Å². The lowest BCUT2D eigenvalue weighted by Gasteiger charge is -2.21. The first kappa shape index (κ1) is 14.0. The van der Waals surface area contributed by atoms with Crippen LogP contribution in [-0.4, -0.2) is 12.2 Å². The van der Waals surface area contributed by atoms with Gasteiger partial charge in [-0.2, -0.15) is 0 Å². The van der Waals surface area contributed by atoms with Crippen molar-refractivity contribution in [1.82, 2.24) is 0 Å². The largest absolute Gasteiger partial charge is 0.389 e. The quantitative estimate of drug-likeness (QED) is 0.904. The second-order valence-corrected chi connectivity index (χ2v) is 5.28. The summed E-state index contributed by atoms with van der Waals surface area (Å²) in [5.41, 5.74) is 2.70. The van der Waals surface area contributed by atoms with Crippen LogP contribution >= 0.6 is 15.9 Å². The molecule has 2 aromatic rings. The number of hydrogen-bond acceptors (Lipinski definition) is 2. The Morgan fingerprint density at radius 1 is 1.16 bits per heavy atom. The number of aliphatic hydroxyl groups excluding tert-OH is 1. The zero-order chi connectivity index (χ0) is 14.0. The van der Waals surface area contributed by atoms with Gasteiger partial charge in [-0.25, -0.2) is 4.39 Å². The van der Waals surface area contributed by atoms with E-state index in [1.807, 2.05) is 30.1 Å². The monoisotopic (exact) mass is 323 g/mol. The van der Waals surface area contributed by atoms with Gasteiger partial charge in [0.05, 0.1) is 11.8 Å². The fourth-order valence-corrected chi connectivity index (χ4v) is 2.52. The average molecular weight is 324 g/mol. The molecule has 1 atom stereocenters. The van der Waals surface area contributed by atoms with Gasteiger partial charge in [0.2, 0.25) is 0 Å². The van der Waals surface area contributed by atoms with Crippen molar-refractivity contribution in [3.63, 3.8) is 0 Å². The van der Waals surface area contributed by atoms with Crippen molar-refractivity contribution < 1.29 is 9.50 Å². The third kappa shape index (κ3) is 3.14. The topological polar surface area (TPSA) is 23.5 Å². The van der Waals surface area contributed by atoms with Crippen LogP contribution in [0.25, 0.3) is 0 Å². The summed E-state index contributed by atoms with van der Waals surface area (Å²) in [6.07, 6.45) is -0.499. The van der Waals surface area contributed by atoms with Crippen LogP contribution in [0.4, 0.5) is 15.8 Å². The fraction of sp³-hybridized carbons (Fsp3) is 0.200. The van der Waals surface area contributed by atoms with Crippen LogP contribution in [0.15, 0.2) is 46.9 Å². The highest BCUT2D eigenvalue weighted by molar-refractivity contribution is 9.10. The van der Waals surface area contributed by atoms with Crippen molar-refractivity contribution in [2.75, 3.05) is 11.9 Å². The molecule has 0 bridgehead atoms. The summed E-state index contributed by atoms with van der Waals surface area (Å²) in [5, 5.41) is 9.55. The summed E-state index contributed by atoms with van der Waals surface area (Å²) in [7, 11) is 1.91. The van der Waals surface area contributed by atoms with Crippen molar-refractivity contribution in [2.24, 2.45) is 0 Å². The van der Waals surface area contributed by atoms with Gasteiger partial charge in [0, 0.05) is 17.2 Å². The van der Waals surface area contributed by atoms with Gasteiger partial charge >= 0.3 is 0 Å². The van der Waals surface area contributed by atoms with Crippen LogP contribution in [0, 0.1) is 5.82 Å². The van der Waals surface area contributed by atoms with E-state index in [9.17, 15) is 9.50 Å². The van der Waals surface area contributed by atoms with Crippen LogP contribution in [0.2, 0.25) is 0 Å². The third-order valence-electron chi connectivity index (χ3n) is 3.03. The summed E-state index contributed by atoms with van der Waals surface area (Å²) < 4.78 is 13.8. The van der Waals surface area contributed by atoms with Crippen LogP contribution in [0.3, 0.4) is 0 Å². The van der Waals surface area contributed by atoms with Gasteiger partial charge < -0.3 is 10.0 Å². The minimum absolute atomic E-state index is 0.249. The molecule has 0 aliphatic heterocycles. The van der Waals surface area contributed by atoms with E-state index in [1.165, 1.54) is 12.1 Å². The van der Waals surface area contributed by atoms with E-state index in [-0.39, 0.29) is 5.82 Å². The average Bonchev–Trinajstić information content (AvgIpc) is 2.38. The molecule has 0 aromatic heterocycles. The summed E-state index contributed by atoms with van der Waals surface area (Å²) in [4.78, 5) is 1.95. The van der Waals surface area contributed by atoms with E-state index >= 15 is 0 Å². The molecule has 0 saturated heterocycles. The molecule has 0 radical (unpaired) electrons. The molecule has 100 valence electrons. The Kier molecular flexibility index (Phi) is 4.22. The molecule has 0 saturated carbocycles. The number of benzene rings is 2. The Balaban J connectivity index is 2.33. The molecular weight excluding hydrogens is 309 g/mol. The van der Waals surface area contributed by atoms with Crippen molar-refractivity contribution in [1.29, 1.82) is 0 Å². The van der Waals surface area contributed by atoms with Gasteiger partial charge in [0.25, 0.3) is 0 Å². The van der Waals surface area contributed by atoms with Crippen LogP contribution in [-0.2, 0) is 0 Å². The zero-order valence-electron chi connectivity index (χ0n) is 10.8. The maximum atomic E-state index is 12.9. The Morgan fingerprint density at radius 2 is 1.79 bits per heavy atom. The SMILES string of the molecule is CC(O)c1ccc(N(C)c2ccc(F)cc2)c(Br)c1. The predicted molar refractivity (Wildman–Crippen MR) is 79.2 cm³/mol. The first-order chi connectivity index (χ1) is 8.99. The smallest absolute Gasteiger partial charge is 0.123 e. The first-order valence-electron chi connectivity index (χ1n) is 5.96. The third-order valence-corrected chi connectivity index (χ3v) is 3.66. The number of aliphatic hydroxyl groups is 1. The van der Waals surface area contributed by atoms with E-state index in [0.717, 1.165) is 21.4 Å². The van der Waals surface area contributed by atoms with E-state index < -0.39 is 6.10 Å². The summed E-state index contributed by atoms with van der Waals surface area (Å²) in [5.74, 6) is -0.249. The second-order valence-electron chi connectivity index (χ2n) is 4.42. The molecular formula is C15H15BrFNO. The highest BCUT2D eigenvalue weighted by Crippen LogP contribution is 2.32. The lowest BCUT2D eigenvalue weighted by atomic mass is 10.1. The zero-order valence-corrected chi connectivity index (χ0v) is 12.4. The Labute approximate surface area is 120 Å². The fourth-order valence-electron chi connectivity index (χ4n) is 1.86. The minimum Gasteiger partial charge on any atom is -0.389 e. The van der Waals surface area contributed by atoms with Crippen molar-refractivity contribution >= 4 is 27.3 Å². The van der Waals surface area contributed by atoms with E-state index in [1.54, 1.807) is 19.1 Å². The lowest BCUT2D eigenvalue weighted by Crippen LogP contribution is -2.10. The molecule has 0 heterocycles. The first-order valence-corrected chi connectivity index (χ1v) is 6.75. The molecule has 1 unspecified atom stereocenters. The Hall–Kier alpha value is -1.39. The van der Waals surface area contributed by atoms with E-state index in [0.29, 0.717) is 0 Å². The number of halogens is 2. The van der Waals surface area contributed by atoms with Crippen LogP contribution in [0.1, 0.15) is 18.6 Å². The molecule has 2 rings (SSSR count). The van der Waals surface area contributed by atoms with Crippen LogP contribution in [0.5, 0.6) is 0 Å². The molecule has 4 heteroatoms. The molecule has 0 fully saturated rings. The predicted octanol–water partition coefficient (Wildman–Crippen LogP) is 4.41. The van der Waals surface area contributed by atoms with E-state index in [2.05, 4.69) is 15.9 Å². The molecule has 0 aliphatic rings. The highest BCUT2D eigenvalue weighted by atomic mass is 79.9. The second kappa shape index (κ2) is 5.72. The maximum Gasteiger partial charge on any atom is 0.123 e. The molecule has 0 aliphatic carbocycles. The molecule has 1 N–H and O–H groups in total. The molecule has 19 heavy (non-hydrogen) atoms. The highest BCUT2D eigenvalue weighted by Gasteiger charge is 2.10. The number of anilines is 2. The normalized spacial score (nSPS) is 12.3.